The number of hydrogen-bond acceptors (Lipinski definition) is 3. The maximum absolute atomic E-state index is 13.8. The number of halogens is 2. The monoisotopic (exact) mass is 247 g/mol. The zero-order chi connectivity index (χ0) is 12.3. The first kappa shape index (κ1) is 12.9. The van der Waals surface area contributed by atoms with Crippen LogP contribution < -0.4 is 5.73 Å². The molecule has 0 aliphatic heterocycles. The van der Waals surface area contributed by atoms with Crippen LogP contribution in [0.4, 0.5) is 8.78 Å². The summed E-state index contributed by atoms with van der Waals surface area (Å²) >= 11 is 0.892. The molecule has 1 aromatic rings. The van der Waals surface area contributed by atoms with Crippen molar-refractivity contribution in [2.45, 2.75) is 10.8 Å². The maximum atomic E-state index is 13.8. The van der Waals surface area contributed by atoms with Crippen LogP contribution in [0.25, 0.3) is 0 Å². The third-order valence-corrected chi connectivity index (χ3v) is 2.97. The van der Waals surface area contributed by atoms with Crippen LogP contribution in [0.1, 0.15) is 11.5 Å². The molecule has 0 fully saturated rings. The Labute approximate surface area is 95.6 Å². The second kappa shape index (κ2) is 5.27. The van der Waals surface area contributed by atoms with Gasteiger partial charge in [0.1, 0.15) is 11.6 Å². The molecule has 0 bridgehead atoms. The topological polar surface area (TPSA) is 63.3 Å². The molecule has 0 aliphatic carbocycles. The average molecular weight is 247 g/mol. The zero-order valence-corrected chi connectivity index (χ0v) is 9.35. The fraction of sp³-hybridized carbons (Fsp3) is 0.300. The van der Waals surface area contributed by atoms with Crippen molar-refractivity contribution in [3.63, 3.8) is 0 Å². The van der Waals surface area contributed by atoms with E-state index in [1.165, 1.54) is 6.26 Å². The highest BCUT2D eigenvalue weighted by atomic mass is 32.2. The highest BCUT2D eigenvalue weighted by molar-refractivity contribution is 7.98. The van der Waals surface area contributed by atoms with Gasteiger partial charge in [0.15, 0.2) is 0 Å². The number of benzene rings is 1. The van der Waals surface area contributed by atoms with E-state index in [2.05, 4.69) is 0 Å². The number of aliphatic carboxylic acids is 1. The van der Waals surface area contributed by atoms with Gasteiger partial charge in [-0.2, -0.15) is 0 Å². The van der Waals surface area contributed by atoms with Gasteiger partial charge >= 0.3 is 5.97 Å². The van der Waals surface area contributed by atoms with E-state index in [-0.39, 0.29) is 17.0 Å². The molecule has 0 saturated carbocycles. The van der Waals surface area contributed by atoms with Crippen molar-refractivity contribution in [2.75, 3.05) is 12.8 Å². The molecule has 0 saturated heterocycles. The highest BCUT2D eigenvalue weighted by Gasteiger charge is 2.24. The molecule has 88 valence electrons. The molecule has 6 heteroatoms. The van der Waals surface area contributed by atoms with Crippen LogP contribution in [0, 0.1) is 11.6 Å². The van der Waals surface area contributed by atoms with E-state index in [0.717, 1.165) is 23.9 Å². The number of carbonyl (C=O) groups is 1. The number of hydrogen-bond donors (Lipinski definition) is 2. The predicted octanol–water partition coefficient (Wildman–Crippen LogP) is 1.81. The highest BCUT2D eigenvalue weighted by Crippen LogP contribution is 2.29. The molecule has 0 spiro atoms. The van der Waals surface area contributed by atoms with Crippen LogP contribution in [-0.4, -0.2) is 23.9 Å². The van der Waals surface area contributed by atoms with Gasteiger partial charge in [0.05, 0.1) is 10.8 Å². The number of carboxylic acid groups (broad SMARTS) is 1. The minimum Gasteiger partial charge on any atom is -0.481 e. The van der Waals surface area contributed by atoms with Gasteiger partial charge in [0, 0.05) is 12.1 Å². The Bertz CT molecular complexity index is 412. The first-order chi connectivity index (χ1) is 7.52. The molecule has 3 N–H and O–H groups in total. The van der Waals surface area contributed by atoms with Gasteiger partial charge in [-0.15, -0.1) is 11.8 Å². The molecule has 3 nitrogen and oxygen atoms in total. The van der Waals surface area contributed by atoms with Crippen molar-refractivity contribution in [1.29, 1.82) is 0 Å². The maximum Gasteiger partial charge on any atom is 0.312 e. The second-order valence-electron chi connectivity index (χ2n) is 3.11. The fourth-order valence-corrected chi connectivity index (χ4v) is 1.92. The summed E-state index contributed by atoms with van der Waals surface area (Å²) in [6.45, 7) is -0.230. The summed E-state index contributed by atoms with van der Waals surface area (Å²) < 4.78 is 26.9. The van der Waals surface area contributed by atoms with Crippen molar-refractivity contribution in [3.8, 4) is 0 Å². The lowest BCUT2D eigenvalue weighted by atomic mass is 9.99. The smallest absolute Gasteiger partial charge is 0.312 e. The molecule has 0 radical (unpaired) electrons. The van der Waals surface area contributed by atoms with Crippen LogP contribution in [-0.2, 0) is 4.79 Å². The van der Waals surface area contributed by atoms with Crippen molar-refractivity contribution < 1.29 is 18.7 Å². The quantitative estimate of drug-likeness (QED) is 0.796. The van der Waals surface area contributed by atoms with Gasteiger partial charge in [-0.1, -0.05) is 6.07 Å². The van der Waals surface area contributed by atoms with Gasteiger partial charge in [0.25, 0.3) is 0 Å². The van der Waals surface area contributed by atoms with Gasteiger partial charge < -0.3 is 10.8 Å². The second-order valence-corrected chi connectivity index (χ2v) is 3.93. The first-order valence-corrected chi connectivity index (χ1v) is 5.70. The Hall–Kier alpha value is -1.14. The van der Waals surface area contributed by atoms with Gasteiger partial charge in [-0.3, -0.25) is 4.79 Å². The molecule has 0 aromatic heterocycles. The van der Waals surface area contributed by atoms with Gasteiger partial charge in [0.2, 0.25) is 0 Å². The summed E-state index contributed by atoms with van der Waals surface area (Å²) in [5.41, 5.74) is 5.17. The van der Waals surface area contributed by atoms with E-state index in [0.29, 0.717) is 0 Å². The van der Waals surface area contributed by atoms with Crippen LogP contribution in [0.5, 0.6) is 0 Å². The lowest BCUT2D eigenvalue weighted by Gasteiger charge is -2.13. The number of nitrogens with two attached hydrogens (primary N) is 1. The summed E-state index contributed by atoms with van der Waals surface area (Å²) in [6, 6.07) is 2.17. The summed E-state index contributed by atoms with van der Waals surface area (Å²) in [6.07, 6.45) is 1.52. The van der Waals surface area contributed by atoms with E-state index < -0.39 is 23.5 Å². The van der Waals surface area contributed by atoms with Crippen molar-refractivity contribution in [2.24, 2.45) is 5.73 Å². The van der Waals surface area contributed by atoms with Crippen LogP contribution in [0.15, 0.2) is 17.0 Å². The normalized spacial score (nSPS) is 12.5. The lowest BCUT2D eigenvalue weighted by molar-refractivity contribution is -0.138. The van der Waals surface area contributed by atoms with E-state index >= 15 is 0 Å². The van der Waals surface area contributed by atoms with E-state index in [1.807, 2.05) is 0 Å². The van der Waals surface area contributed by atoms with E-state index in [4.69, 9.17) is 10.8 Å². The molecule has 0 amide bonds. The Balaban J connectivity index is 3.29. The summed E-state index contributed by atoms with van der Waals surface area (Å²) in [4.78, 5) is 10.6. The molecule has 1 atom stereocenters. The predicted molar refractivity (Wildman–Crippen MR) is 57.6 cm³/mol. The molecular formula is C10H11F2NO2S. The Morgan fingerprint density at radius 1 is 1.56 bits per heavy atom. The Morgan fingerprint density at radius 2 is 2.19 bits per heavy atom. The first-order valence-electron chi connectivity index (χ1n) is 4.47. The van der Waals surface area contributed by atoms with Gasteiger partial charge in [-0.25, -0.2) is 8.78 Å². The minimum atomic E-state index is -1.22. The van der Waals surface area contributed by atoms with Crippen molar-refractivity contribution >= 4 is 17.7 Å². The van der Waals surface area contributed by atoms with Crippen LogP contribution in [0.3, 0.4) is 0 Å². The molecule has 16 heavy (non-hydrogen) atoms. The third-order valence-electron chi connectivity index (χ3n) is 2.19. The minimum absolute atomic E-state index is 0.0826. The Kier molecular flexibility index (Phi) is 4.26. The van der Waals surface area contributed by atoms with E-state index in [9.17, 15) is 13.6 Å². The zero-order valence-electron chi connectivity index (χ0n) is 8.54. The number of carboxylic acids is 1. The third kappa shape index (κ3) is 2.33. The molecular weight excluding hydrogens is 236 g/mol. The molecule has 1 rings (SSSR count). The molecule has 0 heterocycles. The summed E-state index contributed by atoms with van der Waals surface area (Å²) in [5, 5.41) is 8.84. The molecule has 1 aromatic carbocycles. The van der Waals surface area contributed by atoms with Gasteiger partial charge in [-0.05, 0) is 12.3 Å². The standard InChI is InChI=1S/C10H11F2NO2S/c1-16-9-7(11)3-2-5(8(9)12)6(4-13)10(14)15/h2-3,6H,4,13H2,1H3,(H,14,15). The van der Waals surface area contributed by atoms with E-state index in [1.54, 1.807) is 0 Å². The lowest BCUT2D eigenvalue weighted by Crippen LogP contribution is -2.22. The number of thioether (sulfide) groups is 1. The van der Waals surface area contributed by atoms with Crippen molar-refractivity contribution in [1.82, 2.24) is 0 Å². The summed E-state index contributed by atoms with van der Waals surface area (Å²) in [5.74, 6) is -3.91. The fourth-order valence-electron chi connectivity index (χ4n) is 1.36. The van der Waals surface area contributed by atoms with Crippen LogP contribution >= 0.6 is 11.8 Å². The largest absolute Gasteiger partial charge is 0.481 e. The summed E-state index contributed by atoms with van der Waals surface area (Å²) in [7, 11) is 0. The number of rotatable bonds is 4. The SMILES string of the molecule is CSc1c(F)ccc(C(CN)C(=O)O)c1F. The molecule has 0 aliphatic rings. The molecule has 1 unspecified atom stereocenters. The Morgan fingerprint density at radius 3 is 2.62 bits per heavy atom. The van der Waals surface area contributed by atoms with Crippen LogP contribution in [0.2, 0.25) is 0 Å². The average Bonchev–Trinajstić information content (AvgIpc) is 2.22. The van der Waals surface area contributed by atoms with Crippen molar-refractivity contribution in [3.05, 3.63) is 29.3 Å².